The van der Waals surface area contributed by atoms with Crippen molar-refractivity contribution in [3.05, 3.63) is 0 Å². The molecule has 4 heteroatoms. The third kappa shape index (κ3) is 2.90. The van der Waals surface area contributed by atoms with Crippen LogP contribution < -0.4 is 5.32 Å². The van der Waals surface area contributed by atoms with E-state index in [9.17, 15) is 8.42 Å². The minimum atomic E-state index is -2.77. The van der Waals surface area contributed by atoms with Crippen LogP contribution in [0, 0.1) is 5.92 Å². The largest absolute Gasteiger partial charge is 0.311 e. The van der Waals surface area contributed by atoms with E-state index in [0.29, 0.717) is 11.7 Å². The summed E-state index contributed by atoms with van der Waals surface area (Å²) >= 11 is 0. The van der Waals surface area contributed by atoms with E-state index in [1.165, 1.54) is 19.3 Å². The first-order valence-electron chi connectivity index (χ1n) is 7.43. The second kappa shape index (κ2) is 5.49. The molecule has 0 saturated carbocycles. The number of nitrogens with one attached hydrogen (secondary N) is 1. The summed E-state index contributed by atoms with van der Waals surface area (Å²) in [6.07, 6.45) is 7.38. The standard InChI is InChI=1S/C14H27NO2S/c1-12(2)14(8-3-4-10-15-14)9-7-13-6-5-11-18(13,16)17/h12-13,15H,3-11H2,1-2H3. The van der Waals surface area contributed by atoms with Crippen molar-refractivity contribution in [2.24, 2.45) is 5.92 Å². The Labute approximate surface area is 112 Å². The summed E-state index contributed by atoms with van der Waals surface area (Å²) in [4.78, 5) is 0. The molecule has 0 aromatic rings. The molecule has 0 radical (unpaired) electrons. The molecule has 2 heterocycles. The van der Waals surface area contributed by atoms with Crippen molar-refractivity contribution in [2.75, 3.05) is 12.3 Å². The highest BCUT2D eigenvalue weighted by atomic mass is 32.2. The van der Waals surface area contributed by atoms with Gasteiger partial charge in [-0.3, -0.25) is 0 Å². The van der Waals surface area contributed by atoms with E-state index in [1.807, 2.05) is 0 Å². The highest BCUT2D eigenvalue weighted by Crippen LogP contribution is 2.34. The van der Waals surface area contributed by atoms with Gasteiger partial charge < -0.3 is 5.32 Å². The van der Waals surface area contributed by atoms with Gasteiger partial charge in [0.1, 0.15) is 0 Å². The molecule has 2 aliphatic rings. The molecule has 106 valence electrons. The molecule has 2 unspecified atom stereocenters. The lowest BCUT2D eigenvalue weighted by atomic mass is 9.76. The van der Waals surface area contributed by atoms with Crippen molar-refractivity contribution in [1.82, 2.24) is 5.32 Å². The van der Waals surface area contributed by atoms with Gasteiger partial charge in [0.15, 0.2) is 9.84 Å². The SMILES string of the molecule is CC(C)C1(CCC2CCCS2(=O)=O)CCCCN1. The first-order valence-corrected chi connectivity index (χ1v) is 9.14. The normalized spacial score (nSPS) is 36.1. The Morgan fingerprint density at radius 3 is 2.56 bits per heavy atom. The average Bonchev–Trinajstić information content (AvgIpc) is 2.67. The topological polar surface area (TPSA) is 46.2 Å². The fourth-order valence-electron chi connectivity index (χ4n) is 3.59. The molecule has 2 saturated heterocycles. The minimum absolute atomic E-state index is 0.0585. The van der Waals surface area contributed by atoms with E-state index >= 15 is 0 Å². The zero-order valence-electron chi connectivity index (χ0n) is 11.7. The van der Waals surface area contributed by atoms with Gasteiger partial charge in [-0.25, -0.2) is 8.42 Å². The molecule has 1 N–H and O–H groups in total. The lowest BCUT2D eigenvalue weighted by Crippen LogP contribution is -2.52. The van der Waals surface area contributed by atoms with Crippen LogP contribution >= 0.6 is 0 Å². The highest BCUT2D eigenvalue weighted by Gasteiger charge is 2.38. The van der Waals surface area contributed by atoms with Crippen LogP contribution in [-0.4, -0.2) is 31.5 Å². The van der Waals surface area contributed by atoms with E-state index in [0.717, 1.165) is 32.2 Å². The van der Waals surface area contributed by atoms with Crippen LogP contribution in [0.15, 0.2) is 0 Å². The maximum absolute atomic E-state index is 11.9. The number of sulfone groups is 1. The Morgan fingerprint density at radius 2 is 2.06 bits per heavy atom. The molecule has 0 bridgehead atoms. The Kier molecular flexibility index (Phi) is 4.37. The Balaban J connectivity index is 1.98. The van der Waals surface area contributed by atoms with Crippen molar-refractivity contribution in [3.63, 3.8) is 0 Å². The molecule has 0 amide bonds. The summed E-state index contributed by atoms with van der Waals surface area (Å²) in [6, 6.07) is 0. The summed E-state index contributed by atoms with van der Waals surface area (Å²) < 4.78 is 23.8. The lowest BCUT2D eigenvalue weighted by Gasteiger charge is -2.42. The fraction of sp³-hybridized carbons (Fsp3) is 1.00. The number of piperidine rings is 1. The Hall–Kier alpha value is -0.0900. The van der Waals surface area contributed by atoms with Gasteiger partial charge >= 0.3 is 0 Å². The van der Waals surface area contributed by atoms with Gasteiger partial charge in [-0.2, -0.15) is 0 Å². The lowest BCUT2D eigenvalue weighted by molar-refractivity contribution is 0.166. The van der Waals surface area contributed by atoms with Crippen molar-refractivity contribution >= 4 is 9.84 Å². The van der Waals surface area contributed by atoms with Gasteiger partial charge in [-0.05, 0) is 51.0 Å². The quantitative estimate of drug-likeness (QED) is 0.856. The molecule has 2 aliphatic heterocycles. The smallest absolute Gasteiger partial charge is 0.153 e. The molecule has 2 fully saturated rings. The van der Waals surface area contributed by atoms with Gasteiger partial charge in [0.25, 0.3) is 0 Å². The number of hydrogen-bond donors (Lipinski definition) is 1. The fourth-order valence-corrected chi connectivity index (χ4v) is 5.49. The summed E-state index contributed by atoms with van der Waals surface area (Å²) in [6.45, 7) is 5.62. The van der Waals surface area contributed by atoms with Crippen LogP contribution in [-0.2, 0) is 9.84 Å². The zero-order chi connectivity index (χ0) is 13.2. The second-order valence-electron chi connectivity index (χ2n) is 6.36. The predicted octanol–water partition coefficient (Wildman–Crippen LogP) is 2.51. The van der Waals surface area contributed by atoms with Crippen molar-refractivity contribution in [2.45, 2.75) is 69.6 Å². The Bertz CT molecular complexity index is 369. The van der Waals surface area contributed by atoms with Crippen LogP contribution in [0.4, 0.5) is 0 Å². The maximum Gasteiger partial charge on any atom is 0.153 e. The van der Waals surface area contributed by atoms with E-state index in [2.05, 4.69) is 19.2 Å². The van der Waals surface area contributed by atoms with E-state index in [4.69, 9.17) is 0 Å². The van der Waals surface area contributed by atoms with Gasteiger partial charge in [-0.1, -0.05) is 20.3 Å². The van der Waals surface area contributed by atoms with E-state index in [-0.39, 0.29) is 10.8 Å². The van der Waals surface area contributed by atoms with Crippen LogP contribution in [0.1, 0.15) is 58.8 Å². The van der Waals surface area contributed by atoms with Crippen LogP contribution in [0.3, 0.4) is 0 Å². The predicted molar refractivity (Wildman–Crippen MR) is 75.5 cm³/mol. The van der Waals surface area contributed by atoms with E-state index < -0.39 is 9.84 Å². The first-order chi connectivity index (χ1) is 8.46. The number of rotatable bonds is 4. The van der Waals surface area contributed by atoms with Crippen LogP contribution in [0.2, 0.25) is 0 Å². The molecule has 0 aliphatic carbocycles. The molecule has 3 nitrogen and oxygen atoms in total. The summed E-state index contributed by atoms with van der Waals surface area (Å²) in [5.41, 5.74) is 0.191. The van der Waals surface area contributed by atoms with Crippen molar-refractivity contribution in [3.8, 4) is 0 Å². The second-order valence-corrected chi connectivity index (χ2v) is 8.77. The summed E-state index contributed by atoms with van der Waals surface area (Å²) in [7, 11) is -2.77. The first kappa shape index (κ1) is 14.3. The van der Waals surface area contributed by atoms with Crippen LogP contribution in [0.25, 0.3) is 0 Å². The molecule has 2 atom stereocenters. The van der Waals surface area contributed by atoms with Crippen molar-refractivity contribution < 1.29 is 8.42 Å². The molecule has 2 rings (SSSR count). The van der Waals surface area contributed by atoms with Gasteiger partial charge in [0.05, 0.1) is 11.0 Å². The van der Waals surface area contributed by atoms with Crippen LogP contribution in [0.5, 0.6) is 0 Å². The van der Waals surface area contributed by atoms with Gasteiger partial charge in [0.2, 0.25) is 0 Å². The molecule has 0 aromatic heterocycles. The average molecular weight is 273 g/mol. The minimum Gasteiger partial charge on any atom is -0.311 e. The molecule has 0 spiro atoms. The summed E-state index contributed by atoms with van der Waals surface area (Å²) in [5.74, 6) is 1.00. The molecular weight excluding hydrogens is 246 g/mol. The highest BCUT2D eigenvalue weighted by molar-refractivity contribution is 7.92. The third-order valence-electron chi connectivity index (χ3n) is 5.01. The maximum atomic E-state index is 11.9. The monoisotopic (exact) mass is 273 g/mol. The third-order valence-corrected chi connectivity index (χ3v) is 7.35. The Morgan fingerprint density at radius 1 is 1.28 bits per heavy atom. The van der Waals surface area contributed by atoms with Crippen molar-refractivity contribution in [1.29, 1.82) is 0 Å². The molecule has 18 heavy (non-hydrogen) atoms. The van der Waals surface area contributed by atoms with Gasteiger partial charge in [0, 0.05) is 5.54 Å². The molecular formula is C14H27NO2S. The van der Waals surface area contributed by atoms with E-state index in [1.54, 1.807) is 0 Å². The number of hydrogen-bond acceptors (Lipinski definition) is 3. The molecule has 0 aromatic carbocycles. The summed E-state index contributed by atoms with van der Waals surface area (Å²) in [5, 5.41) is 3.63. The van der Waals surface area contributed by atoms with Gasteiger partial charge in [-0.15, -0.1) is 0 Å². The zero-order valence-corrected chi connectivity index (χ0v) is 12.6.